The predicted octanol–water partition coefficient (Wildman–Crippen LogP) is 5.09. The first-order valence-electron chi connectivity index (χ1n) is 10.2. The molecule has 1 fully saturated rings. The van der Waals surface area contributed by atoms with Gasteiger partial charge in [0.25, 0.3) is 0 Å². The molecule has 0 aliphatic heterocycles. The van der Waals surface area contributed by atoms with Gasteiger partial charge in [-0.15, -0.1) is 0 Å². The van der Waals surface area contributed by atoms with Gasteiger partial charge in [-0.25, -0.2) is 4.39 Å². The largest absolute Gasteiger partial charge is 0.355 e. The van der Waals surface area contributed by atoms with E-state index in [1.54, 1.807) is 12.1 Å². The second kappa shape index (κ2) is 8.96. The Morgan fingerprint density at radius 2 is 1.80 bits per heavy atom. The van der Waals surface area contributed by atoms with Gasteiger partial charge in [0.2, 0.25) is 17.6 Å². The average molecular weight is 428 g/mol. The first kappa shape index (κ1) is 20.5. The van der Waals surface area contributed by atoms with Crippen LogP contribution < -0.4 is 5.32 Å². The number of carbonyl (C=O) groups excluding carboxylic acids is 1. The van der Waals surface area contributed by atoms with Gasteiger partial charge in [0.15, 0.2) is 0 Å². The first-order valence-corrected chi connectivity index (χ1v) is 10.5. The van der Waals surface area contributed by atoms with Gasteiger partial charge in [0.1, 0.15) is 5.82 Å². The van der Waals surface area contributed by atoms with Crippen LogP contribution in [0, 0.1) is 5.82 Å². The van der Waals surface area contributed by atoms with Gasteiger partial charge in [-0.1, -0.05) is 41.7 Å². The lowest BCUT2D eigenvalue weighted by molar-refractivity contribution is -0.121. The molecule has 0 unspecified atom stereocenters. The molecule has 1 heterocycles. The fourth-order valence-electron chi connectivity index (χ4n) is 4.07. The van der Waals surface area contributed by atoms with E-state index in [-0.39, 0.29) is 23.6 Å². The Hall–Kier alpha value is -2.73. The molecule has 0 saturated heterocycles. The fraction of sp³-hybridized carbons (Fsp3) is 0.348. The lowest BCUT2D eigenvalue weighted by Crippen LogP contribution is -2.39. The highest BCUT2D eigenvalue weighted by Gasteiger charge is 2.35. The molecule has 30 heavy (non-hydrogen) atoms. The highest BCUT2D eigenvalue weighted by molar-refractivity contribution is 6.30. The fourth-order valence-corrected chi connectivity index (χ4v) is 4.20. The number of halogens is 2. The normalized spacial score (nSPS) is 15.3. The Balaban J connectivity index is 1.32. The third-order valence-electron chi connectivity index (χ3n) is 5.78. The van der Waals surface area contributed by atoms with Crippen molar-refractivity contribution in [2.45, 2.75) is 43.9 Å². The molecule has 1 aromatic heterocycles. The number of carbonyl (C=O) groups is 1. The van der Waals surface area contributed by atoms with Crippen LogP contribution in [0.3, 0.4) is 0 Å². The number of benzene rings is 2. The van der Waals surface area contributed by atoms with Crippen molar-refractivity contribution < 1.29 is 13.7 Å². The van der Waals surface area contributed by atoms with Crippen molar-refractivity contribution in [1.29, 1.82) is 0 Å². The molecule has 2 aromatic carbocycles. The lowest BCUT2D eigenvalue weighted by Gasteiger charge is -2.30. The Morgan fingerprint density at radius 1 is 1.10 bits per heavy atom. The van der Waals surface area contributed by atoms with Crippen molar-refractivity contribution in [3.63, 3.8) is 0 Å². The summed E-state index contributed by atoms with van der Waals surface area (Å²) in [5.41, 5.74) is 1.78. The average Bonchev–Trinajstić information content (AvgIpc) is 3.42. The van der Waals surface area contributed by atoms with Crippen LogP contribution in [0.4, 0.5) is 4.39 Å². The molecule has 0 atom stereocenters. The molecular formula is C23H23ClFN3O2. The third kappa shape index (κ3) is 4.70. The standard InChI is InChI=1S/C23H23ClFN3O2/c24-18-7-3-16(4-8-18)22-27-21(30-28-22)12-11-20(29)26-15-23(13-1-2-14-23)17-5-9-19(25)10-6-17/h3-10H,1-2,11-15H2,(H,26,29). The Bertz CT molecular complexity index is 996. The quantitative estimate of drug-likeness (QED) is 0.570. The Kier molecular flexibility index (Phi) is 6.13. The topological polar surface area (TPSA) is 68.0 Å². The van der Waals surface area contributed by atoms with E-state index in [1.165, 1.54) is 12.1 Å². The van der Waals surface area contributed by atoms with Crippen molar-refractivity contribution >= 4 is 17.5 Å². The summed E-state index contributed by atoms with van der Waals surface area (Å²) >= 11 is 5.90. The van der Waals surface area contributed by atoms with Gasteiger partial charge in [0, 0.05) is 35.4 Å². The molecule has 1 N–H and O–H groups in total. The molecule has 1 aliphatic carbocycles. The van der Waals surface area contributed by atoms with Crippen molar-refractivity contribution in [1.82, 2.24) is 15.5 Å². The highest BCUT2D eigenvalue weighted by atomic mass is 35.5. The van der Waals surface area contributed by atoms with Gasteiger partial charge in [-0.3, -0.25) is 4.79 Å². The molecule has 7 heteroatoms. The monoisotopic (exact) mass is 427 g/mol. The number of aromatic nitrogens is 2. The number of hydrogen-bond acceptors (Lipinski definition) is 4. The molecule has 1 saturated carbocycles. The van der Waals surface area contributed by atoms with Crippen LogP contribution in [0.1, 0.15) is 43.6 Å². The maximum Gasteiger partial charge on any atom is 0.227 e. The summed E-state index contributed by atoms with van der Waals surface area (Å²) in [5.74, 6) is 0.593. The smallest absolute Gasteiger partial charge is 0.227 e. The Labute approximate surface area is 179 Å². The second-order valence-electron chi connectivity index (χ2n) is 7.79. The van der Waals surface area contributed by atoms with E-state index in [0.29, 0.717) is 29.7 Å². The number of amides is 1. The van der Waals surface area contributed by atoms with Crippen molar-refractivity contribution in [2.24, 2.45) is 0 Å². The molecule has 0 bridgehead atoms. The summed E-state index contributed by atoms with van der Waals surface area (Å²) in [6.07, 6.45) is 4.85. The zero-order valence-corrected chi connectivity index (χ0v) is 17.3. The van der Waals surface area contributed by atoms with E-state index in [4.69, 9.17) is 16.1 Å². The van der Waals surface area contributed by atoms with Crippen LogP contribution in [0.5, 0.6) is 0 Å². The summed E-state index contributed by atoms with van der Waals surface area (Å²) in [6, 6.07) is 13.8. The summed E-state index contributed by atoms with van der Waals surface area (Å²) in [4.78, 5) is 16.8. The van der Waals surface area contributed by atoms with E-state index in [1.807, 2.05) is 24.3 Å². The molecule has 5 nitrogen and oxygen atoms in total. The molecule has 1 aliphatic rings. The highest BCUT2D eigenvalue weighted by Crippen LogP contribution is 2.40. The van der Waals surface area contributed by atoms with E-state index >= 15 is 0 Å². The molecule has 4 rings (SSSR count). The zero-order valence-electron chi connectivity index (χ0n) is 16.5. The second-order valence-corrected chi connectivity index (χ2v) is 8.23. The van der Waals surface area contributed by atoms with E-state index < -0.39 is 0 Å². The van der Waals surface area contributed by atoms with E-state index in [2.05, 4.69) is 15.5 Å². The zero-order chi connectivity index (χ0) is 21.0. The summed E-state index contributed by atoms with van der Waals surface area (Å²) in [7, 11) is 0. The maximum atomic E-state index is 13.3. The molecule has 1 amide bonds. The summed E-state index contributed by atoms with van der Waals surface area (Å²) in [5, 5.41) is 7.66. The maximum absolute atomic E-state index is 13.3. The van der Waals surface area contributed by atoms with Crippen LogP contribution in [0.25, 0.3) is 11.4 Å². The van der Waals surface area contributed by atoms with Crippen molar-refractivity contribution in [3.8, 4) is 11.4 Å². The van der Waals surface area contributed by atoms with E-state index in [9.17, 15) is 9.18 Å². The van der Waals surface area contributed by atoms with Gasteiger partial charge < -0.3 is 9.84 Å². The number of nitrogens with zero attached hydrogens (tertiary/aromatic N) is 2. The Morgan fingerprint density at radius 3 is 2.50 bits per heavy atom. The van der Waals surface area contributed by atoms with Crippen LogP contribution in [0.15, 0.2) is 53.1 Å². The predicted molar refractivity (Wildman–Crippen MR) is 113 cm³/mol. The molecule has 3 aromatic rings. The summed E-state index contributed by atoms with van der Waals surface area (Å²) < 4.78 is 18.6. The number of aryl methyl sites for hydroxylation is 1. The third-order valence-corrected chi connectivity index (χ3v) is 6.03. The van der Waals surface area contributed by atoms with Crippen molar-refractivity contribution in [3.05, 3.63) is 70.8 Å². The van der Waals surface area contributed by atoms with Crippen LogP contribution in [0.2, 0.25) is 5.02 Å². The van der Waals surface area contributed by atoms with Gasteiger partial charge in [-0.2, -0.15) is 4.98 Å². The molecule has 156 valence electrons. The lowest BCUT2D eigenvalue weighted by atomic mass is 9.79. The molecule has 0 spiro atoms. The van der Waals surface area contributed by atoms with Gasteiger partial charge in [-0.05, 0) is 54.8 Å². The minimum atomic E-state index is -0.242. The molecular weight excluding hydrogens is 405 g/mol. The van der Waals surface area contributed by atoms with Crippen LogP contribution in [-0.2, 0) is 16.6 Å². The SMILES string of the molecule is O=C(CCc1nc(-c2ccc(Cl)cc2)no1)NCC1(c2ccc(F)cc2)CCCC1. The molecule has 0 radical (unpaired) electrons. The van der Waals surface area contributed by atoms with Crippen LogP contribution >= 0.6 is 11.6 Å². The minimum Gasteiger partial charge on any atom is -0.355 e. The van der Waals surface area contributed by atoms with Crippen LogP contribution in [-0.4, -0.2) is 22.6 Å². The van der Waals surface area contributed by atoms with E-state index in [0.717, 1.165) is 36.8 Å². The number of rotatable bonds is 7. The number of nitrogens with one attached hydrogen (secondary N) is 1. The van der Waals surface area contributed by atoms with Gasteiger partial charge >= 0.3 is 0 Å². The van der Waals surface area contributed by atoms with Crippen molar-refractivity contribution in [2.75, 3.05) is 6.54 Å². The van der Waals surface area contributed by atoms with Gasteiger partial charge in [0.05, 0.1) is 0 Å². The minimum absolute atomic E-state index is 0.0605. The first-order chi connectivity index (χ1) is 14.5. The summed E-state index contributed by atoms with van der Waals surface area (Å²) in [6.45, 7) is 0.553. The number of hydrogen-bond donors (Lipinski definition) is 1.